The van der Waals surface area contributed by atoms with E-state index in [-0.39, 0.29) is 48.6 Å². The van der Waals surface area contributed by atoms with Crippen LogP contribution in [0.3, 0.4) is 0 Å². The van der Waals surface area contributed by atoms with Crippen molar-refractivity contribution in [3.8, 4) is 0 Å². The molecule has 0 fully saturated rings. The van der Waals surface area contributed by atoms with Gasteiger partial charge in [0.05, 0.1) is 34.0 Å². The molecule has 0 spiro atoms. The first-order valence-corrected chi connectivity index (χ1v) is 4.49. The summed E-state index contributed by atoms with van der Waals surface area (Å²) in [4.78, 5) is 21.1. The van der Waals surface area contributed by atoms with E-state index in [9.17, 15) is 9.59 Å². The highest BCUT2D eigenvalue weighted by Crippen LogP contribution is 1.95. The maximum Gasteiger partial charge on any atom is 0.306 e. The predicted molar refractivity (Wildman–Crippen MR) is 72.5 cm³/mol. The smallest absolute Gasteiger partial charge is 0.306 e. The molecular weight excluding hydrogens is 289 g/mol. The molecule has 7 nitrogen and oxygen atoms in total. The number of halogens is 2. The van der Waals surface area contributed by atoms with Gasteiger partial charge in [0.1, 0.15) is 13.2 Å². The van der Waals surface area contributed by atoms with Gasteiger partial charge < -0.3 is 25.3 Å². The number of esters is 1. The third-order valence-corrected chi connectivity index (χ3v) is 1.57. The summed E-state index contributed by atoms with van der Waals surface area (Å²) in [5, 5.41) is 8.31. The minimum Gasteiger partial charge on any atom is -0.481 e. The number of ether oxygens (including phenoxy) is 1. The van der Waals surface area contributed by atoms with Crippen molar-refractivity contribution in [2.45, 2.75) is 12.8 Å². The van der Waals surface area contributed by atoms with E-state index in [0.29, 0.717) is 11.1 Å². The molecular formula is C9H24Cl2NO6+. The molecule has 0 bridgehead atoms. The van der Waals surface area contributed by atoms with Gasteiger partial charge in [0.2, 0.25) is 0 Å². The summed E-state index contributed by atoms with van der Waals surface area (Å²) in [6.07, 6.45) is -0.213. The third-order valence-electron chi connectivity index (χ3n) is 1.57. The Hall–Kier alpha value is -0.600. The minimum absolute atomic E-state index is 0. The van der Waals surface area contributed by atoms with E-state index in [0.717, 1.165) is 6.54 Å². The second-order valence-corrected chi connectivity index (χ2v) is 4.13. The van der Waals surface area contributed by atoms with Gasteiger partial charge in [0, 0.05) is 0 Å². The van der Waals surface area contributed by atoms with E-state index in [2.05, 4.69) is 0 Å². The van der Waals surface area contributed by atoms with Crippen molar-refractivity contribution in [1.82, 2.24) is 0 Å². The molecule has 0 rings (SSSR count). The molecule has 0 aliphatic rings. The number of carboxylic acid groups (broad SMARTS) is 1. The number of quaternary nitrogens is 1. The van der Waals surface area contributed by atoms with Crippen LogP contribution >= 0.6 is 24.8 Å². The zero-order valence-corrected chi connectivity index (χ0v) is 12.4. The van der Waals surface area contributed by atoms with Crippen molar-refractivity contribution in [2.75, 3.05) is 34.3 Å². The SMILES string of the molecule is C[N+](C)(C)CCOC(=O)CCC(=O)O.Cl.Cl.O.O. The Kier molecular flexibility index (Phi) is 24.5. The maximum absolute atomic E-state index is 10.9. The number of hydrogen-bond acceptors (Lipinski definition) is 3. The molecule has 0 aromatic heterocycles. The lowest BCUT2D eigenvalue weighted by Crippen LogP contribution is -2.38. The lowest BCUT2D eigenvalue weighted by atomic mass is 10.3. The first-order valence-electron chi connectivity index (χ1n) is 4.49. The fourth-order valence-corrected chi connectivity index (χ4v) is 0.715. The zero-order chi connectivity index (χ0) is 11.2. The number of nitrogens with zero attached hydrogens (tertiary/aromatic N) is 1. The summed E-state index contributed by atoms with van der Waals surface area (Å²) >= 11 is 0. The largest absolute Gasteiger partial charge is 0.481 e. The fraction of sp³-hybridized carbons (Fsp3) is 0.778. The van der Waals surface area contributed by atoms with E-state index >= 15 is 0 Å². The summed E-state index contributed by atoms with van der Waals surface area (Å²) in [7, 11) is 5.97. The monoisotopic (exact) mass is 312 g/mol. The summed E-state index contributed by atoms with van der Waals surface area (Å²) < 4.78 is 5.57. The lowest BCUT2D eigenvalue weighted by Gasteiger charge is -2.23. The fourth-order valence-electron chi connectivity index (χ4n) is 0.715. The highest BCUT2D eigenvalue weighted by molar-refractivity contribution is 5.85. The van der Waals surface area contributed by atoms with E-state index in [1.165, 1.54) is 0 Å². The van der Waals surface area contributed by atoms with E-state index in [1.54, 1.807) is 0 Å². The third kappa shape index (κ3) is 24.6. The number of hydrogen-bond donors (Lipinski definition) is 1. The van der Waals surface area contributed by atoms with Gasteiger partial charge in [-0.3, -0.25) is 9.59 Å². The van der Waals surface area contributed by atoms with Gasteiger partial charge >= 0.3 is 11.9 Å². The van der Waals surface area contributed by atoms with Crippen LogP contribution in [0.5, 0.6) is 0 Å². The van der Waals surface area contributed by atoms with Crippen molar-refractivity contribution in [2.24, 2.45) is 0 Å². The summed E-state index contributed by atoms with van der Waals surface area (Å²) in [6.45, 7) is 1.06. The van der Waals surface area contributed by atoms with Crippen LogP contribution in [0.2, 0.25) is 0 Å². The Bertz CT molecular complexity index is 220. The van der Waals surface area contributed by atoms with Crippen molar-refractivity contribution >= 4 is 36.8 Å². The van der Waals surface area contributed by atoms with Crippen molar-refractivity contribution in [3.63, 3.8) is 0 Å². The Morgan fingerprint density at radius 1 is 1.06 bits per heavy atom. The number of carbonyl (C=O) groups excluding carboxylic acids is 1. The Morgan fingerprint density at radius 2 is 1.50 bits per heavy atom. The maximum atomic E-state index is 10.9. The topological polar surface area (TPSA) is 127 Å². The predicted octanol–water partition coefficient (Wildman–Crippen LogP) is -0.705. The first kappa shape index (κ1) is 30.4. The number of carbonyl (C=O) groups is 2. The number of likely N-dealkylation sites (N-methyl/N-ethyl adjacent to an activating group) is 1. The molecule has 18 heavy (non-hydrogen) atoms. The van der Waals surface area contributed by atoms with Crippen LogP contribution in [0.25, 0.3) is 0 Å². The second-order valence-electron chi connectivity index (χ2n) is 4.13. The lowest BCUT2D eigenvalue weighted by molar-refractivity contribution is -0.870. The van der Waals surface area contributed by atoms with Gasteiger partial charge in [-0.25, -0.2) is 0 Å². The van der Waals surface area contributed by atoms with Crippen LogP contribution in [0.4, 0.5) is 0 Å². The Balaban J connectivity index is -0.000000141. The summed E-state index contributed by atoms with van der Waals surface area (Å²) in [6, 6.07) is 0. The van der Waals surface area contributed by atoms with Crippen molar-refractivity contribution < 1.29 is 34.9 Å². The average Bonchev–Trinajstić information content (AvgIpc) is 1.98. The molecule has 0 aromatic rings. The quantitative estimate of drug-likeness (QED) is 0.513. The molecule has 0 heterocycles. The van der Waals surface area contributed by atoms with E-state index in [1.807, 2.05) is 21.1 Å². The van der Waals surface area contributed by atoms with Crippen LogP contribution in [-0.4, -0.2) is 66.8 Å². The normalized spacial score (nSPS) is 8.61. The Morgan fingerprint density at radius 3 is 1.83 bits per heavy atom. The molecule has 0 saturated heterocycles. The highest BCUT2D eigenvalue weighted by atomic mass is 35.5. The van der Waals surface area contributed by atoms with Gasteiger partial charge in [0.25, 0.3) is 0 Å². The molecule has 9 heteroatoms. The molecule has 0 aromatic carbocycles. The van der Waals surface area contributed by atoms with Gasteiger partial charge in [-0.15, -0.1) is 24.8 Å². The van der Waals surface area contributed by atoms with Crippen LogP contribution < -0.4 is 0 Å². The van der Waals surface area contributed by atoms with Crippen molar-refractivity contribution in [3.05, 3.63) is 0 Å². The first-order chi connectivity index (χ1) is 6.31. The number of aliphatic carboxylic acids is 1. The molecule has 0 radical (unpaired) electrons. The molecule has 0 saturated carbocycles. The van der Waals surface area contributed by atoms with Gasteiger partial charge in [0.15, 0.2) is 0 Å². The van der Waals surface area contributed by atoms with Crippen molar-refractivity contribution in [1.29, 1.82) is 0 Å². The zero-order valence-electron chi connectivity index (χ0n) is 10.8. The second kappa shape index (κ2) is 14.5. The number of rotatable bonds is 6. The van der Waals surface area contributed by atoms with E-state index in [4.69, 9.17) is 9.84 Å². The summed E-state index contributed by atoms with van der Waals surface area (Å²) in [5.74, 6) is -1.42. The summed E-state index contributed by atoms with van der Waals surface area (Å²) in [5.41, 5.74) is 0. The van der Waals surface area contributed by atoms with Crippen LogP contribution in [0.1, 0.15) is 12.8 Å². The van der Waals surface area contributed by atoms with Gasteiger partial charge in [-0.2, -0.15) is 0 Å². The molecule has 0 amide bonds. The van der Waals surface area contributed by atoms with Crippen LogP contribution in [0.15, 0.2) is 0 Å². The van der Waals surface area contributed by atoms with Gasteiger partial charge in [-0.1, -0.05) is 0 Å². The van der Waals surface area contributed by atoms with E-state index < -0.39 is 11.9 Å². The molecule has 114 valence electrons. The number of carboxylic acids is 1. The molecule has 0 unspecified atom stereocenters. The minimum atomic E-state index is -0.978. The van der Waals surface area contributed by atoms with Gasteiger partial charge in [-0.05, 0) is 0 Å². The standard InChI is InChI=1S/C9H17NO4.2ClH.2H2O/c1-10(2,3)6-7-14-9(13)5-4-8(11)12;;;;/h4-7H2,1-3H3;2*1H;2*1H2/p+1. The van der Waals surface area contributed by atoms with Crippen LogP contribution in [0, 0.1) is 0 Å². The molecule has 0 atom stereocenters. The average molecular weight is 313 g/mol. The Labute approximate surface area is 119 Å². The molecule has 5 N–H and O–H groups in total. The molecule has 0 aliphatic heterocycles. The highest BCUT2D eigenvalue weighted by Gasteiger charge is 2.10. The van der Waals surface area contributed by atoms with Crippen LogP contribution in [-0.2, 0) is 14.3 Å². The molecule has 0 aliphatic carbocycles.